The predicted octanol–water partition coefficient (Wildman–Crippen LogP) is 1.53. The summed E-state index contributed by atoms with van der Waals surface area (Å²) in [5.41, 5.74) is 5.57. The van der Waals surface area contributed by atoms with Crippen LogP contribution in [0.5, 0.6) is 5.75 Å². The van der Waals surface area contributed by atoms with Crippen LogP contribution < -0.4 is 10.5 Å². The molecular formula is C12H19N3O. The Morgan fingerprint density at radius 2 is 2.12 bits per heavy atom. The van der Waals surface area contributed by atoms with Gasteiger partial charge < -0.3 is 10.5 Å². The van der Waals surface area contributed by atoms with Crippen molar-refractivity contribution in [2.24, 2.45) is 0 Å². The first-order chi connectivity index (χ1) is 7.84. The van der Waals surface area contributed by atoms with Crippen molar-refractivity contribution in [2.75, 3.05) is 32.0 Å². The summed E-state index contributed by atoms with van der Waals surface area (Å²) in [5.74, 6) is 1.32. The van der Waals surface area contributed by atoms with Gasteiger partial charge in [0.2, 0.25) is 0 Å². The average molecular weight is 221 g/mol. The van der Waals surface area contributed by atoms with Crippen molar-refractivity contribution < 1.29 is 4.74 Å². The third kappa shape index (κ3) is 3.38. The van der Waals surface area contributed by atoms with Crippen molar-refractivity contribution in [1.29, 1.82) is 0 Å². The van der Waals surface area contributed by atoms with Crippen molar-refractivity contribution in [3.05, 3.63) is 18.3 Å². The molecule has 1 aliphatic rings. The number of rotatable bonds is 4. The number of piperidine rings is 1. The molecule has 1 aromatic rings. The van der Waals surface area contributed by atoms with Crippen LogP contribution in [-0.4, -0.2) is 36.1 Å². The lowest BCUT2D eigenvalue weighted by Crippen LogP contribution is -2.33. The Hall–Kier alpha value is -1.29. The zero-order valence-corrected chi connectivity index (χ0v) is 9.56. The highest BCUT2D eigenvalue weighted by molar-refractivity contribution is 5.35. The quantitative estimate of drug-likeness (QED) is 0.837. The average Bonchev–Trinajstić information content (AvgIpc) is 2.30. The van der Waals surface area contributed by atoms with E-state index in [4.69, 9.17) is 10.5 Å². The lowest BCUT2D eigenvalue weighted by molar-refractivity contribution is 0.183. The number of anilines is 1. The van der Waals surface area contributed by atoms with Gasteiger partial charge in [0, 0.05) is 18.8 Å². The number of likely N-dealkylation sites (tertiary alicyclic amines) is 1. The molecular weight excluding hydrogens is 202 g/mol. The molecule has 4 nitrogen and oxygen atoms in total. The summed E-state index contributed by atoms with van der Waals surface area (Å²) in [7, 11) is 0. The minimum atomic E-state index is 0.510. The molecule has 2 rings (SSSR count). The van der Waals surface area contributed by atoms with E-state index in [1.807, 2.05) is 6.07 Å². The highest BCUT2D eigenvalue weighted by Gasteiger charge is 2.09. The number of nitrogens with two attached hydrogens (primary N) is 1. The molecule has 0 aliphatic carbocycles. The van der Waals surface area contributed by atoms with E-state index in [1.54, 1.807) is 12.3 Å². The molecule has 4 heteroatoms. The van der Waals surface area contributed by atoms with E-state index in [-0.39, 0.29) is 0 Å². The molecule has 0 radical (unpaired) electrons. The van der Waals surface area contributed by atoms with Crippen LogP contribution in [-0.2, 0) is 0 Å². The predicted molar refractivity (Wildman–Crippen MR) is 64.4 cm³/mol. The van der Waals surface area contributed by atoms with Gasteiger partial charge in [-0.3, -0.25) is 4.90 Å². The Balaban J connectivity index is 1.71. The van der Waals surface area contributed by atoms with Crippen LogP contribution >= 0.6 is 0 Å². The summed E-state index contributed by atoms with van der Waals surface area (Å²) in [5, 5.41) is 0. The minimum absolute atomic E-state index is 0.510. The van der Waals surface area contributed by atoms with E-state index < -0.39 is 0 Å². The molecule has 1 fully saturated rings. The van der Waals surface area contributed by atoms with Crippen molar-refractivity contribution in [3.63, 3.8) is 0 Å². The minimum Gasteiger partial charge on any atom is -0.492 e. The topological polar surface area (TPSA) is 51.4 Å². The summed E-state index contributed by atoms with van der Waals surface area (Å²) < 4.78 is 5.63. The largest absolute Gasteiger partial charge is 0.492 e. The molecule has 0 amide bonds. The first-order valence-electron chi connectivity index (χ1n) is 5.91. The maximum absolute atomic E-state index is 5.63. The van der Waals surface area contributed by atoms with Gasteiger partial charge in [-0.2, -0.15) is 0 Å². The van der Waals surface area contributed by atoms with E-state index in [2.05, 4.69) is 9.88 Å². The fourth-order valence-electron chi connectivity index (χ4n) is 1.99. The van der Waals surface area contributed by atoms with E-state index in [1.165, 1.54) is 32.4 Å². The molecule has 2 heterocycles. The van der Waals surface area contributed by atoms with Gasteiger partial charge in [-0.05, 0) is 32.0 Å². The fourth-order valence-corrected chi connectivity index (χ4v) is 1.99. The third-order valence-corrected chi connectivity index (χ3v) is 2.88. The Kier molecular flexibility index (Phi) is 3.99. The standard InChI is InChI=1S/C12H19N3O/c13-12-10-11(4-5-14-12)16-9-8-15-6-2-1-3-7-15/h4-5,10H,1-3,6-9H2,(H2,13,14). The third-order valence-electron chi connectivity index (χ3n) is 2.88. The van der Waals surface area contributed by atoms with Crippen LogP contribution in [0.4, 0.5) is 5.82 Å². The maximum Gasteiger partial charge on any atom is 0.126 e. The van der Waals surface area contributed by atoms with Crippen molar-refractivity contribution >= 4 is 5.82 Å². The van der Waals surface area contributed by atoms with E-state index in [9.17, 15) is 0 Å². The molecule has 0 spiro atoms. The molecule has 0 atom stereocenters. The number of hydrogen-bond acceptors (Lipinski definition) is 4. The number of pyridine rings is 1. The van der Waals surface area contributed by atoms with Crippen molar-refractivity contribution in [2.45, 2.75) is 19.3 Å². The zero-order valence-electron chi connectivity index (χ0n) is 9.56. The smallest absolute Gasteiger partial charge is 0.126 e. The van der Waals surface area contributed by atoms with E-state index in [0.29, 0.717) is 5.82 Å². The maximum atomic E-state index is 5.63. The summed E-state index contributed by atoms with van der Waals surface area (Å²) >= 11 is 0. The SMILES string of the molecule is Nc1cc(OCCN2CCCCC2)ccn1. The Morgan fingerprint density at radius 3 is 2.88 bits per heavy atom. The second-order valence-corrected chi connectivity index (χ2v) is 4.17. The molecule has 1 aliphatic heterocycles. The molecule has 1 saturated heterocycles. The van der Waals surface area contributed by atoms with Gasteiger partial charge >= 0.3 is 0 Å². The van der Waals surface area contributed by atoms with Gasteiger partial charge in [0.15, 0.2) is 0 Å². The molecule has 88 valence electrons. The van der Waals surface area contributed by atoms with E-state index in [0.717, 1.165) is 18.9 Å². The van der Waals surface area contributed by atoms with Crippen molar-refractivity contribution in [1.82, 2.24) is 9.88 Å². The number of nitrogen functional groups attached to an aromatic ring is 1. The molecule has 2 N–H and O–H groups in total. The lowest BCUT2D eigenvalue weighted by Gasteiger charge is -2.26. The molecule has 0 unspecified atom stereocenters. The Morgan fingerprint density at radius 1 is 1.31 bits per heavy atom. The number of nitrogens with zero attached hydrogens (tertiary/aromatic N) is 2. The first-order valence-corrected chi connectivity index (χ1v) is 5.91. The molecule has 16 heavy (non-hydrogen) atoms. The van der Waals surface area contributed by atoms with Gasteiger partial charge in [0.25, 0.3) is 0 Å². The lowest BCUT2D eigenvalue weighted by atomic mass is 10.1. The first kappa shape index (κ1) is 11.2. The van der Waals surface area contributed by atoms with Crippen LogP contribution in [0.1, 0.15) is 19.3 Å². The molecule has 0 bridgehead atoms. The normalized spacial score (nSPS) is 17.2. The van der Waals surface area contributed by atoms with E-state index >= 15 is 0 Å². The zero-order chi connectivity index (χ0) is 11.2. The van der Waals surface area contributed by atoms with Gasteiger partial charge in [0.05, 0.1) is 0 Å². The fraction of sp³-hybridized carbons (Fsp3) is 0.583. The van der Waals surface area contributed by atoms with Crippen LogP contribution in [0.25, 0.3) is 0 Å². The second kappa shape index (κ2) is 5.70. The Bertz CT molecular complexity index is 324. The summed E-state index contributed by atoms with van der Waals surface area (Å²) in [4.78, 5) is 6.38. The summed E-state index contributed by atoms with van der Waals surface area (Å²) in [6.45, 7) is 4.15. The number of hydrogen-bond donors (Lipinski definition) is 1. The Labute approximate surface area is 96.4 Å². The summed E-state index contributed by atoms with van der Waals surface area (Å²) in [6, 6.07) is 3.60. The highest BCUT2D eigenvalue weighted by atomic mass is 16.5. The number of aromatic nitrogens is 1. The highest BCUT2D eigenvalue weighted by Crippen LogP contribution is 2.12. The van der Waals surface area contributed by atoms with Crippen LogP contribution in [0.15, 0.2) is 18.3 Å². The van der Waals surface area contributed by atoms with Crippen LogP contribution in [0.2, 0.25) is 0 Å². The summed E-state index contributed by atoms with van der Waals surface area (Å²) in [6.07, 6.45) is 5.69. The van der Waals surface area contributed by atoms with Crippen LogP contribution in [0, 0.1) is 0 Å². The van der Waals surface area contributed by atoms with Gasteiger partial charge in [-0.25, -0.2) is 4.98 Å². The van der Waals surface area contributed by atoms with Gasteiger partial charge in [-0.15, -0.1) is 0 Å². The number of ether oxygens (including phenoxy) is 1. The van der Waals surface area contributed by atoms with Gasteiger partial charge in [0.1, 0.15) is 18.2 Å². The van der Waals surface area contributed by atoms with Gasteiger partial charge in [-0.1, -0.05) is 6.42 Å². The monoisotopic (exact) mass is 221 g/mol. The molecule has 0 saturated carbocycles. The van der Waals surface area contributed by atoms with Crippen molar-refractivity contribution in [3.8, 4) is 5.75 Å². The van der Waals surface area contributed by atoms with Crippen LogP contribution in [0.3, 0.4) is 0 Å². The second-order valence-electron chi connectivity index (χ2n) is 4.17. The molecule has 1 aromatic heterocycles. The molecule has 0 aromatic carbocycles.